The summed E-state index contributed by atoms with van der Waals surface area (Å²) in [4.78, 5) is 2.60. The van der Waals surface area contributed by atoms with Crippen LogP contribution in [0.4, 0.5) is 0 Å². The van der Waals surface area contributed by atoms with Crippen LogP contribution in [0.25, 0.3) is 0 Å². The van der Waals surface area contributed by atoms with Crippen molar-refractivity contribution >= 4 is 0 Å². The number of hydrogen-bond donors (Lipinski definition) is 1. The van der Waals surface area contributed by atoms with Gasteiger partial charge in [0.1, 0.15) is 0 Å². The van der Waals surface area contributed by atoms with E-state index in [1.807, 2.05) is 0 Å². The predicted octanol–water partition coefficient (Wildman–Crippen LogP) is 4.12. The Bertz CT molecular complexity index is 581. The number of benzene rings is 2. The number of hydrogen-bond acceptors (Lipinski definition) is 2. The number of nitrogens with one attached hydrogen (secondary N) is 1. The number of rotatable bonds is 8. The highest BCUT2D eigenvalue weighted by Crippen LogP contribution is 2.21. The first-order valence-electron chi connectivity index (χ1n) is 9.35. The fourth-order valence-corrected chi connectivity index (χ4v) is 3.69. The molecule has 1 saturated heterocycles. The van der Waals surface area contributed by atoms with Crippen LogP contribution in [0.2, 0.25) is 0 Å². The summed E-state index contributed by atoms with van der Waals surface area (Å²) in [7, 11) is 0. The third-order valence-electron chi connectivity index (χ3n) is 5.22. The summed E-state index contributed by atoms with van der Waals surface area (Å²) in [5.74, 6) is 0.783. The van der Waals surface area contributed by atoms with Crippen molar-refractivity contribution in [1.82, 2.24) is 10.2 Å². The summed E-state index contributed by atoms with van der Waals surface area (Å²) >= 11 is 0. The average molecular weight is 322 g/mol. The van der Waals surface area contributed by atoms with Crippen LogP contribution >= 0.6 is 0 Å². The van der Waals surface area contributed by atoms with Crippen LogP contribution in [-0.2, 0) is 13.0 Å². The van der Waals surface area contributed by atoms with E-state index in [1.165, 1.54) is 43.5 Å². The molecule has 0 bridgehead atoms. The maximum Gasteiger partial charge on any atom is 0.0233 e. The fraction of sp³-hybridized carbons (Fsp3) is 0.455. The van der Waals surface area contributed by atoms with Crippen molar-refractivity contribution in [3.05, 3.63) is 71.8 Å². The summed E-state index contributed by atoms with van der Waals surface area (Å²) in [6, 6.07) is 22.3. The molecule has 0 unspecified atom stereocenters. The van der Waals surface area contributed by atoms with Gasteiger partial charge in [0.25, 0.3) is 0 Å². The normalized spacial score (nSPS) is 19.5. The smallest absolute Gasteiger partial charge is 0.0233 e. The molecule has 1 heterocycles. The zero-order valence-corrected chi connectivity index (χ0v) is 14.8. The molecule has 0 amide bonds. The lowest BCUT2D eigenvalue weighted by Crippen LogP contribution is -2.36. The van der Waals surface area contributed by atoms with Crippen LogP contribution in [0.15, 0.2) is 60.7 Å². The minimum atomic E-state index is 0.613. The lowest BCUT2D eigenvalue weighted by molar-refractivity contribution is 0.297. The Morgan fingerprint density at radius 2 is 1.67 bits per heavy atom. The van der Waals surface area contributed by atoms with Gasteiger partial charge in [-0.1, -0.05) is 60.7 Å². The molecule has 2 aromatic carbocycles. The molecule has 0 aliphatic carbocycles. The van der Waals surface area contributed by atoms with Gasteiger partial charge in [-0.25, -0.2) is 0 Å². The molecular formula is C22H30N2. The molecule has 2 atom stereocenters. The monoisotopic (exact) mass is 322 g/mol. The van der Waals surface area contributed by atoms with Crippen LogP contribution < -0.4 is 5.32 Å². The summed E-state index contributed by atoms with van der Waals surface area (Å²) < 4.78 is 0. The Morgan fingerprint density at radius 3 is 2.38 bits per heavy atom. The minimum absolute atomic E-state index is 0.613. The van der Waals surface area contributed by atoms with Crippen molar-refractivity contribution in [3.8, 4) is 0 Å². The molecule has 0 spiro atoms. The highest BCUT2D eigenvalue weighted by atomic mass is 15.2. The van der Waals surface area contributed by atoms with Gasteiger partial charge in [-0.15, -0.1) is 0 Å². The van der Waals surface area contributed by atoms with E-state index in [1.54, 1.807) is 0 Å². The van der Waals surface area contributed by atoms with Gasteiger partial charge in [-0.2, -0.15) is 0 Å². The van der Waals surface area contributed by atoms with E-state index in [2.05, 4.69) is 77.8 Å². The van der Waals surface area contributed by atoms with Crippen molar-refractivity contribution in [2.75, 3.05) is 19.6 Å². The molecule has 24 heavy (non-hydrogen) atoms. The maximum atomic E-state index is 3.75. The summed E-state index contributed by atoms with van der Waals surface area (Å²) in [5, 5.41) is 3.75. The molecule has 1 fully saturated rings. The largest absolute Gasteiger partial charge is 0.314 e. The first-order chi connectivity index (χ1) is 11.8. The topological polar surface area (TPSA) is 15.3 Å². The van der Waals surface area contributed by atoms with E-state index in [-0.39, 0.29) is 0 Å². The van der Waals surface area contributed by atoms with Gasteiger partial charge < -0.3 is 5.32 Å². The van der Waals surface area contributed by atoms with Crippen molar-refractivity contribution in [2.45, 2.75) is 38.8 Å². The van der Waals surface area contributed by atoms with Crippen LogP contribution in [0, 0.1) is 5.92 Å². The zero-order chi connectivity index (χ0) is 16.6. The molecule has 1 aliphatic heterocycles. The molecule has 0 radical (unpaired) electrons. The molecule has 2 nitrogen and oxygen atoms in total. The molecule has 3 rings (SSSR count). The molecular weight excluding hydrogens is 292 g/mol. The zero-order valence-electron chi connectivity index (χ0n) is 14.8. The van der Waals surface area contributed by atoms with Crippen molar-refractivity contribution in [3.63, 3.8) is 0 Å². The first kappa shape index (κ1) is 17.2. The van der Waals surface area contributed by atoms with Gasteiger partial charge in [0.15, 0.2) is 0 Å². The van der Waals surface area contributed by atoms with E-state index < -0.39 is 0 Å². The van der Waals surface area contributed by atoms with E-state index >= 15 is 0 Å². The second-order valence-corrected chi connectivity index (χ2v) is 7.10. The van der Waals surface area contributed by atoms with E-state index in [4.69, 9.17) is 0 Å². The molecule has 1 aliphatic rings. The number of likely N-dealkylation sites (tertiary alicyclic amines) is 1. The predicted molar refractivity (Wildman–Crippen MR) is 102 cm³/mol. The van der Waals surface area contributed by atoms with Crippen LogP contribution in [0.5, 0.6) is 0 Å². The average Bonchev–Trinajstić information content (AvgIpc) is 3.09. The SMILES string of the molecule is C[C@@H](NCCCc1ccccc1)[C@H]1CCN(Cc2ccccc2)C1. The van der Waals surface area contributed by atoms with Gasteiger partial charge in [-0.3, -0.25) is 4.90 Å². The van der Waals surface area contributed by atoms with Crippen molar-refractivity contribution < 1.29 is 0 Å². The first-order valence-corrected chi connectivity index (χ1v) is 9.35. The third-order valence-corrected chi connectivity index (χ3v) is 5.22. The summed E-state index contributed by atoms with van der Waals surface area (Å²) in [5.41, 5.74) is 2.88. The van der Waals surface area contributed by atoms with Crippen LogP contribution in [0.1, 0.15) is 30.9 Å². The molecule has 1 N–H and O–H groups in total. The van der Waals surface area contributed by atoms with E-state index in [9.17, 15) is 0 Å². The van der Waals surface area contributed by atoms with Gasteiger partial charge >= 0.3 is 0 Å². The quantitative estimate of drug-likeness (QED) is 0.736. The van der Waals surface area contributed by atoms with Gasteiger partial charge in [0.2, 0.25) is 0 Å². The Kier molecular flexibility index (Phi) is 6.45. The van der Waals surface area contributed by atoms with Gasteiger partial charge in [0, 0.05) is 19.1 Å². The van der Waals surface area contributed by atoms with Crippen LogP contribution in [0.3, 0.4) is 0 Å². The van der Waals surface area contributed by atoms with Crippen LogP contribution in [-0.4, -0.2) is 30.6 Å². The number of aryl methyl sites for hydroxylation is 1. The summed E-state index contributed by atoms with van der Waals surface area (Å²) in [6.45, 7) is 7.03. The second kappa shape index (κ2) is 9.00. The molecule has 128 valence electrons. The Hall–Kier alpha value is -1.64. The third kappa shape index (κ3) is 5.19. The molecule has 0 saturated carbocycles. The van der Waals surface area contributed by atoms with Gasteiger partial charge in [0.05, 0.1) is 0 Å². The Morgan fingerprint density at radius 1 is 1.00 bits per heavy atom. The molecule has 2 heteroatoms. The summed E-state index contributed by atoms with van der Waals surface area (Å²) in [6.07, 6.45) is 3.71. The van der Waals surface area contributed by atoms with E-state index in [0.29, 0.717) is 6.04 Å². The minimum Gasteiger partial charge on any atom is -0.314 e. The second-order valence-electron chi connectivity index (χ2n) is 7.10. The van der Waals surface area contributed by atoms with Gasteiger partial charge in [-0.05, 0) is 56.3 Å². The van der Waals surface area contributed by atoms with Crippen molar-refractivity contribution in [2.24, 2.45) is 5.92 Å². The number of nitrogens with zero attached hydrogens (tertiary/aromatic N) is 1. The highest BCUT2D eigenvalue weighted by molar-refractivity contribution is 5.15. The Labute approximate surface area is 146 Å². The lowest BCUT2D eigenvalue weighted by atomic mass is 10.0. The molecule has 2 aromatic rings. The van der Waals surface area contributed by atoms with Crippen molar-refractivity contribution in [1.29, 1.82) is 0 Å². The maximum absolute atomic E-state index is 3.75. The molecule has 0 aromatic heterocycles. The Balaban J connectivity index is 1.35. The standard InChI is InChI=1S/C22H30N2/c1-19(23-15-8-13-20-9-4-2-5-10-20)22-14-16-24(18-22)17-21-11-6-3-7-12-21/h2-7,9-12,19,22-23H,8,13-18H2,1H3/t19-,22+/m1/s1. The highest BCUT2D eigenvalue weighted by Gasteiger charge is 2.26. The lowest BCUT2D eigenvalue weighted by Gasteiger charge is -2.22. The fourth-order valence-electron chi connectivity index (χ4n) is 3.69. The van der Waals surface area contributed by atoms with E-state index in [0.717, 1.165) is 19.0 Å².